The first-order valence-electron chi connectivity index (χ1n) is 7.55. The van der Waals surface area contributed by atoms with Crippen molar-refractivity contribution in [2.75, 3.05) is 5.32 Å². The second-order valence-corrected chi connectivity index (χ2v) is 6.67. The van der Waals surface area contributed by atoms with Crippen molar-refractivity contribution in [2.24, 2.45) is 5.92 Å². The molecule has 0 bridgehead atoms. The van der Waals surface area contributed by atoms with Crippen molar-refractivity contribution >= 4 is 23.3 Å². The molecule has 118 valence electrons. The number of carbonyl (C=O) groups excluding carboxylic acids is 1. The van der Waals surface area contributed by atoms with Gasteiger partial charge < -0.3 is 15.1 Å². The van der Waals surface area contributed by atoms with E-state index in [4.69, 9.17) is 4.42 Å². The van der Waals surface area contributed by atoms with E-state index in [0.717, 1.165) is 36.4 Å². The topological polar surface area (TPSA) is 80.0 Å². The van der Waals surface area contributed by atoms with Gasteiger partial charge in [-0.25, -0.2) is 9.97 Å². The lowest BCUT2D eigenvalue weighted by Crippen LogP contribution is -2.35. The average molecular weight is 320 g/mol. The zero-order valence-electron chi connectivity index (χ0n) is 12.5. The third kappa shape index (κ3) is 3.85. The van der Waals surface area contributed by atoms with Gasteiger partial charge in [-0.2, -0.15) is 0 Å². The Hall–Kier alpha value is -1.89. The molecule has 6 nitrogen and oxygen atoms in total. The number of rotatable bonds is 5. The van der Waals surface area contributed by atoms with E-state index >= 15 is 0 Å². The van der Waals surface area contributed by atoms with Crippen LogP contribution in [0, 0.1) is 12.8 Å². The van der Waals surface area contributed by atoms with Crippen LogP contribution in [-0.2, 0) is 11.3 Å². The molecular weight excluding hydrogens is 300 g/mol. The first kappa shape index (κ1) is 15.0. The number of aryl methyl sites for hydroxylation is 1. The maximum atomic E-state index is 12.2. The van der Waals surface area contributed by atoms with Gasteiger partial charge in [-0.1, -0.05) is 0 Å². The van der Waals surface area contributed by atoms with E-state index in [1.165, 1.54) is 0 Å². The molecule has 0 aliphatic heterocycles. The molecule has 0 radical (unpaired) electrons. The molecule has 7 heteroatoms. The Kier molecular flexibility index (Phi) is 4.72. The maximum absolute atomic E-state index is 12.2. The number of amides is 1. The molecule has 2 aromatic heterocycles. The standard InChI is InChI=1S/C15H20N4O2S/c1-10-18-13(9-22-10)8-17-14(20)11-2-4-12(5-3-11)19-15-16-6-7-21-15/h6-7,9,11-12H,2-5,8H2,1H3,(H,16,19)(H,17,20). The van der Waals surface area contributed by atoms with E-state index in [-0.39, 0.29) is 11.8 Å². The molecule has 1 amide bonds. The second kappa shape index (κ2) is 6.91. The van der Waals surface area contributed by atoms with Crippen molar-refractivity contribution in [3.63, 3.8) is 0 Å². The minimum absolute atomic E-state index is 0.0994. The lowest BCUT2D eigenvalue weighted by molar-refractivity contribution is -0.126. The van der Waals surface area contributed by atoms with Gasteiger partial charge in [0.15, 0.2) is 0 Å². The van der Waals surface area contributed by atoms with Gasteiger partial charge in [0.25, 0.3) is 6.01 Å². The van der Waals surface area contributed by atoms with Crippen molar-refractivity contribution in [1.29, 1.82) is 0 Å². The van der Waals surface area contributed by atoms with Crippen LogP contribution in [-0.4, -0.2) is 21.9 Å². The highest BCUT2D eigenvalue weighted by atomic mass is 32.1. The normalized spacial score (nSPS) is 21.5. The Morgan fingerprint density at radius 3 is 2.86 bits per heavy atom. The van der Waals surface area contributed by atoms with Crippen LogP contribution in [0.2, 0.25) is 0 Å². The number of hydrogen-bond donors (Lipinski definition) is 2. The highest BCUT2D eigenvalue weighted by molar-refractivity contribution is 7.09. The van der Waals surface area contributed by atoms with Crippen LogP contribution in [0.3, 0.4) is 0 Å². The smallest absolute Gasteiger partial charge is 0.294 e. The van der Waals surface area contributed by atoms with Gasteiger partial charge in [-0.3, -0.25) is 4.79 Å². The van der Waals surface area contributed by atoms with Crippen LogP contribution >= 0.6 is 11.3 Å². The number of thiazole rings is 1. The second-order valence-electron chi connectivity index (χ2n) is 5.61. The highest BCUT2D eigenvalue weighted by Crippen LogP contribution is 2.26. The maximum Gasteiger partial charge on any atom is 0.294 e. The summed E-state index contributed by atoms with van der Waals surface area (Å²) in [6.07, 6.45) is 6.87. The van der Waals surface area contributed by atoms with Crippen LogP contribution in [0.15, 0.2) is 22.3 Å². The molecule has 0 aromatic carbocycles. The van der Waals surface area contributed by atoms with Crippen molar-refractivity contribution in [2.45, 2.75) is 45.2 Å². The van der Waals surface area contributed by atoms with Crippen LogP contribution < -0.4 is 10.6 Å². The number of anilines is 1. The zero-order chi connectivity index (χ0) is 15.4. The summed E-state index contributed by atoms with van der Waals surface area (Å²) in [7, 11) is 0. The van der Waals surface area contributed by atoms with Crippen molar-refractivity contribution in [1.82, 2.24) is 15.3 Å². The number of aromatic nitrogens is 2. The number of hydrogen-bond acceptors (Lipinski definition) is 6. The molecule has 3 rings (SSSR count). The summed E-state index contributed by atoms with van der Waals surface area (Å²) in [5.74, 6) is 0.238. The minimum atomic E-state index is 0.0994. The number of oxazole rings is 1. The first-order valence-corrected chi connectivity index (χ1v) is 8.43. The van der Waals surface area contributed by atoms with Crippen LogP contribution in [0.1, 0.15) is 36.4 Å². The lowest BCUT2D eigenvalue weighted by Gasteiger charge is -2.27. The molecule has 0 atom stereocenters. The van der Waals surface area contributed by atoms with Gasteiger partial charge in [0.1, 0.15) is 6.26 Å². The van der Waals surface area contributed by atoms with E-state index in [1.807, 2.05) is 12.3 Å². The van der Waals surface area contributed by atoms with E-state index < -0.39 is 0 Å². The largest absolute Gasteiger partial charge is 0.432 e. The van der Waals surface area contributed by atoms with E-state index in [9.17, 15) is 4.79 Å². The monoisotopic (exact) mass is 320 g/mol. The van der Waals surface area contributed by atoms with Crippen LogP contribution in [0.5, 0.6) is 0 Å². The number of nitrogens with one attached hydrogen (secondary N) is 2. The highest BCUT2D eigenvalue weighted by Gasteiger charge is 2.26. The van der Waals surface area contributed by atoms with Crippen molar-refractivity contribution in [3.8, 4) is 0 Å². The molecule has 2 N–H and O–H groups in total. The Morgan fingerprint density at radius 2 is 2.23 bits per heavy atom. The van der Waals surface area contributed by atoms with Crippen LogP contribution in [0.25, 0.3) is 0 Å². The fourth-order valence-electron chi connectivity index (χ4n) is 2.78. The molecular formula is C15H20N4O2S. The summed E-state index contributed by atoms with van der Waals surface area (Å²) in [6, 6.07) is 0.899. The van der Waals surface area contributed by atoms with E-state index in [1.54, 1.807) is 23.8 Å². The van der Waals surface area contributed by atoms with Crippen molar-refractivity contribution < 1.29 is 9.21 Å². The summed E-state index contributed by atoms with van der Waals surface area (Å²) < 4.78 is 5.19. The minimum Gasteiger partial charge on any atom is -0.432 e. The predicted molar refractivity (Wildman–Crippen MR) is 84.6 cm³/mol. The summed E-state index contributed by atoms with van der Waals surface area (Å²) >= 11 is 1.61. The fourth-order valence-corrected chi connectivity index (χ4v) is 3.39. The molecule has 2 heterocycles. The Bertz CT molecular complexity index is 603. The van der Waals surface area contributed by atoms with E-state index in [0.29, 0.717) is 18.6 Å². The summed E-state index contributed by atoms with van der Waals surface area (Å²) in [6.45, 7) is 2.50. The molecule has 0 spiro atoms. The summed E-state index contributed by atoms with van der Waals surface area (Å²) in [5.41, 5.74) is 0.940. The fraction of sp³-hybridized carbons (Fsp3) is 0.533. The third-order valence-corrected chi connectivity index (χ3v) is 4.79. The predicted octanol–water partition coefficient (Wildman–Crippen LogP) is 2.73. The molecule has 1 aliphatic carbocycles. The van der Waals surface area contributed by atoms with Crippen LogP contribution in [0.4, 0.5) is 6.01 Å². The molecule has 1 fully saturated rings. The van der Waals surface area contributed by atoms with Gasteiger partial charge >= 0.3 is 0 Å². The molecule has 2 aromatic rings. The summed E-state index contributed by atoms with van der Waals surface area (Å²) in [4.78, 5) is 20.6. The van der Waals surface area contributed by atoms with Gasteiger partial charge in [0, 0.05) is 17.3 Å². The Balaban J connectivity index is 1.41. The van der Waals surface area contributed by atoms with Gasteiger partial charge in [0.2, 0.25) is 5.91 Å². The molecule has 22 heavy (non-hydrogen) atoms. The van der Waals surface area contributed by atoms with Gasteiger partial charge in [-0.15, -0.1) is 11.3 Å². The number of carbonyl (C=O) groups is 1. The molecule has 0 unspecified atom stereocenters. The lowest BCUT2D eigenvalue weighted by atomic mass is 9.85. The SMILES string of the molecule is Cc1nc(CNC(=O)C2CCC(Nc3ncco3)CC2)cs1. The molecule has 1 aliphatic rings. The quantitative estimate of drug-likeness (QED) is 0.885. The van der Waals surface area contributed by atoms with Gasteiger partial charge in [0.05, 0.1) is 23.4 Å². The molecule has 0 saturated heterocycles. The van der Waals surface area contributed by atoms with Gasteiger partial charge in [-0.05, 0) is 32.6 Å². The Morgan fingerprint density at radius 1 is 1.41 bits per heavy atom. The average Bonchev–Trinajstić information content (AvgIpc) is 3.17. The zero-order valence-corrected chi connectivity index (χ0v) is 13.4. The summed E-state index contributed by atoms with van der Waals surface area (Å²) in [5, 5.41) is 9.28. The van der Waals surface area contributed by atoms with E-state index in [2.05, 4.69) is 20.6 Å². The Labute approximate surface area is 133 Å². The first-order chi connectivity index (χ1) is 10.7. The number of nitrogens with zero attached hydrogens (tertiary/aromatic N) is 2. The molecule has 1 saturated carbocycles. The van der Waals surface area contributed by atoms with Crippen molar-refractivity contribution in [3.05, 3.63) is 28.5 Å². The third-order valence-electron chi connectivity index (χ3n) is 3.97.